The second-order valence-corrected chi connectivity index (χ2v) is 7.63. The summed E-state index contributed by atoms with van der Waals surface area (Å²) in [5, 5.41) is 2.75. The summed E-state index contributed by atoms with van der Waals surface area (Å²) in [5.74, 6) is 0.833. The molecule has 0 radical (unpaired) electrons. The minimum absolute atomic E-state index is 0.0628. The summed E-state index contributed by atoms with van der Waals surface area (Å²) in [7, 11) is 0. The molecule has 1 aliphatic rings. The maximum atomic E-state index is 11.9. The van der Waals surface area contributed by atoms with E-state index in [2.05, 4.69) is 17.4 Å². The largest absolute Gasteiger partial charge is 0.426 e. The Morgan fingerprint density at radius 1 is 1.08 bits per heavy atom. The molecule has 0 aliphatic heterocycles. The molecule has 0 bridgehead atoms. The van der Waals surface area contributed by atoms with Crippen LogP contribution in [0, 0.1) is 5.41 Å². The van der Waals surface area contributed by atoms with Gasteiger partial charge >= 0.3 is 5.97 Å². The molecule has 1 saturated carbocycles. The number of hydrogen-bond donors (Lipinski definition) is 1. The van der Waals surface area contributed by atoms with Crippen molar-refractivity contribution in [1.29, 1.82) is 0 Å². The molecule has 0 aromatic heterocycles. The fourth-order valence-electron chi connectivity index (χ4n) is 2.97. The Balaban J connectivity index is 1.76. The van der Waals surface area contributed by atoms with E-state index in [1.807, 2.05) is 32.9 Å². The van der Waals surface area contributed by atoms with E-state index in [9.17, 15) is 9.59 Å². The van der Waals surface area contributed by atoms with E-state index in [-0.39, 0.29) is 18.3 Å². The first kappa shape index (κ1) is 18.5. The summed E-state index contributed by atoms with van der Waals surface area (Å²) in [5.41, 5.74) is 0.894. The van der Waals surface area contributed by atoms with Crippen LogP contribution < -0.4 is 10.1 Å². The average Bonchev–Trinajstić information content (AvgIpc) is 2.55. The second-order valence-electron chi connectivity index (χ2n) is 7.63. The highest BCUT2D eigenvalue weighted by atomic mass is 16.5. The molecule has 0 spiro atoms. The lowest BCUT2D eigenvalue weighted by atomic mass is 9.84. The van der Waals surface area contributed by atoms with Crippen LogP contribution in [0.3, 0.4) is 0 Å². The first-order chi connectivity index (χ1) is 11.4. The minimum Gasteiger partial charge on any atom is -0.426 e. The van der Waals surface area contributed by atoms with Crippen LogP contribution in [0.4, 0.5) is 0 Å². The molecule has 1 aromatic rings. The zero-order valence-corrected chi connectivity index (χ0v) is 15.1. The number of carbonyl (C=O) groups is 2. The lowest BCUT2D eigenvalue weighted by Gasteiger charge is -2.22. The number of rotatable bonds is 5. The number of nitrogens with one attached hydrogen (secondary N) is 1. The van der Waals surface area contributed by atoms with Gasteiger partial charge in [-0.3, -0.25) is 9.59 Å². The third-order valence-corrected chi connectivity index (χ3v) is 4.48. The summed E-state index contributed by atoms with van der Waals surface area (Å²) >= 11 is 0. The van der Waals surface area contributed by atoms with Crippen molar-refractivity contribution in [2.45, 2.75) is 65.2 Å². The highest BCUT2D eigenvalue weighted by Crippen LogP contribution is 2.33. The number of carbonyl (C=O) groups excluding carboxylic acids is 2. The fourth-order valence-corrected chi connectivity index (χ4v) is 2.97. The zero-order valence-electron chi connectivity index (χ0n) is 15.1. The number of benzene rings is 1. The first-order valence-electron chi connectivity index (χ1n) is 8.95. The van der Waals surface area contributed by atoms with Crippen molar-refractivity contribution < 1.29 is 14.3 Å². The van der Waals surface area contributed by atoms with Crippen LogP contribution in [0.15, 0.2) is 24.3 Å². The molecule has 24 heavy (non-hydrogen) atoms. The third-order valence-electron chi connectivity index (χ3n) is 4.48. The van der Waals surface area contributed by atoms with Gasteiger partial charge < -0.3 is 10.1 Å². The van der Waals surface area contributed by atoms with Gasteiger partial charge in [-0.2, -0.15) is 0 Å². The van der Waals surface area contributed by atoms with E-state index in [0.717, 1.165) is 0 Å². The molecule has 4 heteroatoms. The van der Waals surface area contributed by atoms with Crippen molar-refractivity contribution in [2.24, 2.45) is 5.41 Å². The minimum atomic E-state index is -0.446. The van der Waals surface area contributed by atoms with Gasteiger partial charge in [0.25, 0.3) is 0 Å². The average molecular weight is 331 g/mol. The molecule has 2 rings (SSSR count). The Kier molecular flexibility index (Phi) is 6.41. The molecule has 0 atom stereocenters. The molecule has 4 nitrogen and oxygen atoms in total. The first-order valence-corrected chi connectivity index (χ1v) is 8.95. The van der Waals surface area contributed by atoms with Crippen LogP contribution >= 0.6 is 0 Å². The topological polar surface area (TPSA) is 55.4 Å². The number of esters is 1. The van der Waals surface area contributed by atoms with Crippen molar-refractivity contribution in [2.75, 3.05) is 6.54 Å². The van der Waals surface area contributed by atoms with E-state index >= 15 is 0 Å². The normalized spacial score (nSPS) is 15.8. The van der Waals surface area contributed by atoms with E-state index < -0.39 is 5.41 Å². The molecule has 1 fully saturated rings. The smallest absolute Gasteiger partial charge is 0.312 e. The van der Waals surface area contributed by atoms with E-state index in [0.29, 0.717) is 18.2 Å². The number of ether oxygens (including phenoxy) is 1. The van der Waals surface area contributed by atoms with Crippen LogP contribution in [0.1, 0.15) is 70.8 Å². The highest BCUT2D eigenvalue weighted by Gasteiger charge is 2.21. The zero-order chi connectivity index (χ0) is 17.6. The second kappa shape index (κ2) is 8.32. The maximum absolute atomic E-state index is 11.9. The van der Waals surface area contributed by atoms with Crippen molar-refractivity contribution >= 4 is 11.9 Å². The van der Waals surface area contributed by atoms with Gasteiger partial charge in [-0.25, -0.2) is 0 Å². The van der Waals surface area contributed by atoms with Gasteiger partial charge in [0.15, 0.2) is 0 Å². The Bertz CT molecular complexity index is 551. The molecule has 1 aliphatic carbocycles. The molecule has 1 amide bonds. The third kappa shape index (κ3) is 5.66. The summed E-state index contributed by atoms with van der Waals surface area (Å²) in [6, 6.07) is 7.88. The van der Waals surface area contributed by atoms with Crippen molar-refractivity contribution in [1.82, 2.24) is 5.32 Å². The van der Waals surface area contributed by atoms with Crippen molar-refractivity contribution in [3.8, 4) is 5.75 Å². The van der Waals surface area contributed by atoms with Gasteiger partial charge in [-0.1, -0.05) is 52.2 Å². The Morgan fingerprint density at radius 3 is 2.29 bits per heavy atom. The Labute approximate surface area is 145 Å². The SMILES string of the molecule is CC(C)(C)C(=O)NCCC(=O)Oc1ccc(C2CCCCC2)cc1. The summed E-state index contributed by atoms with van der Waals surface area (Å²) in [4.78, 5) is 23.6. The van der Waals surface area contributed by atoms with E-state index in [1.165, 1.54) is 37.7 Å². The lowest BCUT2D eigenvalue weighted by Crippen LogP contribution is -2.36. The molecule has 0 saturated heterocycles. The molecule has 132 valence electrons. The Morgan fingerprint density at radius 2 is 1.71 bits per heavy atom. The van der Waals surface area contributed by atoms with E-state index in [4.69, 9.17) is 4.74 Å². The standard InChI is InChI=1S/C20H29NO3/c1-20(2,3)19(23)21-14-13-18(22)24-17-11-9-16(10-12-17)15-7-5-4-6-8-15/h9-12,15H,4-8,13-14H2,1-3H3,(H,21,23). The number of amides is 1. The highest BCUT2D eigenvalue weighted by molar-refractivity contribution is 5.82. The number of hydrogen-bond acceptors (Lipinski definition) is 3. The van der Waals surface area contributed by atoms with Gasteiger partial charge in [-0.05, 0) is 36.5 Å². The summed E-state index contributed by atoms with van der Waals surface area (Å²) in [6.07, 6.45) is 6.65. The molecule has 0 unspecified atom stereocenters. The molecular weight excluding hydrogens is 302 g/mol. The van der Waals surface area contributed by atoms with Gasteiger partial charge in [-0.15, -0.1) is 0 Å². The molecular formula is C20H29NO3. The predicted octanol–water partition coefficient (Wildman–Crippen LogP) is 4.19. The monoisotopic (exact) mass is 331 g/mol. The molecule has 1 aromatic carbocycles. The van der Waals surface area contributed by atoms with Crippen LogP contribution in [-0.4, -0.2) is 18.4 Å². The van der Waals surface area contributed by atoms with Crippen molar-refractivity contribution in [3.63, 3.8) is 0 Å². The van der Waals surface area contributed by atoms with Crippen LogP contribution in [0.5, 0.6) is 5.75 Å². The van der Waals surface area contributed by atoms with Gasteiger partial charge in [0.1, 0.15) is 5.75 Å². The predicted molar refractivity (Wildman–Crippen MR) is 95.0 cm³/mol. The van der Waals surface area contributed by atoms with Gasteiger partial charge in [0, 0.05) is 12.0 Å². The van der Waals surface area contributed by atoms with Crippen LogP contribution in [-0.2, 0) is 9.59 Å². The summed E-state index contributed by atoms with van der Waals surface area (Å²) in [6.45, 7) is 5.83. The van der Waals surface area contributed by atoms with Crippen molar-refractivity contribution in [3.05, 3.63) is 29.8 Å². The summed E-state index contributed by atoms with van der Waals surface area (Å²) < 4.78 is 5.33. The Hall–Kier alpha value is -1.84. The fraction of sp³-hybridized carbons (Fsp3) is 0.600. The molecule has 1 N–H and O–H groups in total. The maximum Gasteiger partial charge on any atom is 0.312 e. The van der Waals surface area contributed by atoms with E-state index in [1.54, 1.807) is 0 Å². The lowest BCUT2D eigenvalue weighted by molar-refractivity contribution is -0.134. The van der Waals surface area contributed by atoms with Gasteiger partial charge in [0.05, 0.1) is 6.42 Å². The van der Waals surface area contributed by atoms with Crippen LogP contribution in [0.25, 0.3) is 0 Å². The molecule has 0 heterocycles. The quantitative estimate of drug-likeness (QED) is 0.650. The van der Waals surface area contributed by atoms with Gasteiger partial charge in [0.2, 0.25) is 5.91 Å². The van der Waals surface area contributed by atoms with Crippen LogP contribution in [0.2, 0.25) is 0 Å².